The highest BCUT2D eigenvalue weighted by Crippen LogP contribution is 2.35. The quantitative estimate of drug-likeness (QED) is 0.779. The van der Waals surface area contributed by atoms with E-state index in [2.05, 4.69) is 4.98 Å². The average molecular weight is 300 g/mol. The first-order valence-corrected chi connectivity index (χ1v) is 7.11. The summed E-state index contributed by atoms with van der Waals surface area (Å²) in [4.78, 5) is 4.38. The molecule has 2 fully saturated rings. The third-order valence-corrected chi connectivity index (χ3v) is 4.00. The number of nitrogens with zero attached hydrogens (tertiary/aromatic N) is 1. The number of halogens is 1. The van der Waals surface area contributed by atoms with Gasteiger partial charge in [-0.05, 0) is 0 Å². The Bertz CT molecular complexity index is 472. The molecule has 3 heterocycles. The zero-order valence-electron chi connectivity index (χ0n) is 11.4. The normalized spacial score (nSPS) is 26.5. The fourth-order valence-corrected chi connectivity index (χ4v) is 2.60. The Hall–Kier alpha value is -0.880. The van der Waals surface area contributed by atoms with Gasteiger partial charge in [0.05, 0.1) is 32.1 Å². The number of methoxy groups -OCH3 is 1. The summed E-state index contributed by atoms with van der Waals surface area (Å²) in [7, 11) is 1.67. The summed E-state index contributed by atoms with van der Waals surface area (Å²) in [5, 5.41) is 0.408. The lowest BCUT2D eigenvalue weighted by Gasteiger charge is -2.27. The van der Waals surface area contributed by atoms with Crippen molar-refractivity contribution in [3.8, 4) is 5.75 Å². The number of hydrogen-bond donors (Lipinski definition) is 0. The molecular formula is C14H18ClNO4. The molecule has 1 atom stereocenters. The molecule has 0 amide bonds. The molecule has 1 aromatic rings. The van der Waals surface area contributed by atoms with E-state index in [0.717, 1.165) is 31.1 Å². The third kappa shape index (κ3) is 2.76. The van der Waals surface area contributed by atoms with Crippen molar-refractivity contribution in [1.29, 1.82) is 0 Å². The third-order valence-electron chi connectivity index (χ3n) is 3.80. The molecule has 0 bridgehead atoms. The van der Waals surface area contributed by atoms with Crippen molar-refractivity contribution in [1.82, 2.24) is 4.98 Å². The number of aromatic nitrogens is 1. The van der Waals surface area contributed by atoms with Gasteiger partial charge in [0.1, 0.15) is 16.5 Å². The van der Waals surface area contributed by atoms with Crippen LogP contribution in [-0.2, 0) is 19.8 Å². The first-order chi connectivity index (χ1) is 9.72. The molecule has 110 valence electrons. The summed E-state index contributed by atoms with van der Waals surface area (Å²) in [5.41, 5.74) is 0.257. The number of hydrogen-bond acceptors (Lipinski definition) is 5. The lowest BCUT2D eigenvalue weighted by molar-refractivity contribution is -0.0510. The van der Waals surface area contributed by atoms with Gasteiger partial charge < -0.3 is 18.9 Å². The van der Waals surface area contributed by atoms with E-state index in [-0.39, 0.29) is 0 Å². The van der Waals surface area contributed by atoms with E-state index in [1.54, 1.807) is 13.2 Å². The van der Waals surface area contributed by atoms with Gasteiger partial charge in [0.25, 0.3) is 0 Å². The summed E-state index contributed by atoms with van der Waals surface area (Å²) in [5.74, 6) is 1.19. The largest absolute Gasteiger partial charge is 0.493 e. The Morgan fingerprint density at radius 3 is 2.85 bits per heavy atom. The Kier molecular flexibility index (Phi) is 4.12. The van der Waals surface area contributed by atoms with Crippen LogP contribution >= 0.6 is 11.6 Å². The molecule has 6 heteroatoms. The summed E-state index contributed by atoms with van der Waals surface area (Å²) in [6.45, 7) is 3.32. The van der Waals surface area contributed by atoms with Crippen LogP contribution in [-0.4, -0.2) is 45.1 Å². The maximum absolute atomic E-state index is 6.10. The van der Waals surface area contributed by atoms with Crippen molar-refractivity contribution in [2.24, 2.45) is 5.92 Å². The van der Waals surface area contributed by atoms with Crippen molar-refractivity contribution >= 4 is 11.6 Å². The zero-order chi connectivity index (χ0) is 14.0. The molecule has 2 aliphatic rings. The van der Waals surface area contributed by atoms with Gasteiger partial charge in [-0.2, -0.15) is 0 Å². The van der Waals surface area contributed by atoms with Crippen LogP contribution in [0.2, 0.25) is 5.15 Å². The molecule has 2 aliphatic heterocycles. The van der Waals surface area contributed by atoms with Crippen LogP contribution in [0.25, 0.3) is 0 Å². The van der Waals surface area contributed by atoms with Crippen LogP contribution in [0, 0.1) is 5.92 Å². The van der Waals surface area contributed by atoms with Crippen LogP contribution in [0.3, 0.4) is 0 Å². The molecule has 0 N–H and O–H groups in total. The summed E-state index contributed by atoms with van der Waals surface area (Å²) in [6, 6.07) is 3.62. The van der Waals surface area contributed by atoms with Gasteiger partial charge in [-0.25, -0.2) is 4.98 Å². The van der Waals surface area contributed by atoms with Crippen molar-refractivity contribution in [3.63, 3.8) is 0 Å². The molecule has 5 nitrogen and oxygen atoms in total. The molecule has 20 heavy (non-hydrogen) atoms. The van der Waals surface area contributed by atoms with Crippen LogP contribution in [0.4, 0.5) is 0 Å². The van der Waals surface area contributed by atoms with E-state index in [9.17, 15) is 0 Å². The van der Waals surface area contributed by atoms with Crippen molar-refractivity contribution in [3.05, 3.63) is 23.0 Å². The number of pyridine rings is 1. The summed E-state index contributed by atoms with van der Waals surface area (Å²) >= 11 is 6.10. The van der Waals surface area contributed by atoms with Crippen LogP contribution in [0.15, 0.2) is 12.1 Å². The molecular weight excluding hydrogens is 282 g/mol. The van der Waals surface area contributed by atoms with E-state index in [0.29, 0.717) is 30.9 Å². The lowest BCUT2D eigenvalue weighted by atomic mass is 9.98. The average Bonchev–Trinajstić information content (AvgIpc) is 2.86. The molecule has 2 saturated heterocycles. The predicted molar refractivity (Wildman–Crippen MR) is 73.2 cm³/mol. The molecule has 0 aromatic carbocycles. The van der Waals surface area contributed by atoms with Gasteiger partial charge in [-0.3, -0.25) is 0 Å². The minimum absolute atomic E-state index is 0.408. The van der Waals surface area contributed by atoms with Gasteiger partial charge in [-0.15, -0.1) is 0 Å². The number of rotatable bonds is 5. The summed E-state index contributed by atoms with van der Waals surface area (Å²) in [6.07, 6.45) is 0.771. The highest BCUT2D eigenvalue weighted by molar-refractivity contribution is 6.29. The zero-order valence-corrected chi connectivity index (χ0v) is 12.2. The predicted octanol–water partition coefficient (Wildman–Crippen LogP) is 2.02. The SMILES string of the molecule is CO[C@@]1(c2cc(OCC3COC3)cc(Cl)n2)CCOC1. The Balaban J connectivity index is 1.78. The Morgan fingerprint density at radius 1 is 1.40 bits per heavy atom. The van der Waals surface area contributed by atoms with Crippen LogP contribution in [0.1, 0.15) is 12.1 Å². The standard InChI is InChI=1S/C14H18ClNO4/c1-17-14(2-3-18-9-14)12-4-11(5-13(15)16-12)20-8-10-6-19-7-10/h4-5,10H,2-3,6-9H2,1H3/t14-/m0/s1. The van der Waals surface area contributed by atoms with E-state index in [1.165, 1.54) is 0 Å². The van der Waals surface area contributed by atoms with Crippen LogP contribution in [0.5, 0.6) is 5.75 Å². The van der Waals surface area contributed by atoms with Crippen molar-refractivity contribution in [2.45, 2.75) is 12.0 Å². The van der Waals surface area contributed by atoms with Gasteiger partial charge >= 0.3 is 0 Å². The molecule has 3 rings (SSSR count). The smallest absolute Gasteiger partial charge is 0.135 e. The second kappa shape index (κ2) is 5.85. The van der Waals surface area contributed by atoms with Crippen molar-refractivity contribution < 1.29 is 18.9 Å². The molecule has 0 aliphatic carbocycles. The second-order valence-corrected chi connectivity index (χ2v) is 5.61. The van der Waals surface area contributed by atoms with E-state index in [1.807, 2.05) is 6.07 Å². The van der Waals surface area contributed by atoms with E-state index in [4.69, 9.17) is 30.5 Å². The van der Waals surface area contributed by atoms with Gasteiger partial charge in [0.15, 0.2) is 0 Å². The first-order valence-electron chi connectivity index (χ1n) is 6.73. The van der Waals surface area contributed by atoms with Gasteiger partial charge in [0, 0.05) is 38.2 Å². The monoisotopic (exact) mass is 299 g/mol. The molecule has 0 spiro atoms. The highest BCUT2D eigenvalue weighted by atomic mass is 35.5. The van der Waals surface area contributed by atoms with Crippen molar-refractivity contribution in [2.75, 3.05) is 40.1 Å². The molecule has 1 aromatic heterocycles. The van der Waals surface area contributed by atoms with Gasteiger partial charge in [-0.1, -0.05) is 11.6 Å². The Morgan fingerprint density at radius 2 is 2.25 bits per heavy atom. The molecule has 0 saturated carbocycles. The fraction of sp³-hybridized carbons (Fsp3) is 0.643. The maximum Gasteiger partial charge on any atom is 0.135 e. The minimum Gasteiger partial charge on any atom is -0.493 e. The van der Waals surface area contributed by atoms with Crippen LogP contribution < -0.4 is 4.74 Å². The molecule has 0 unspecified atom stereocenters. The Labute approximate surface area is 123 Å². The van der Waals surface area contributed by atoms with Gasteiger partial charge in [0.2, 0.25) is 0 Å². The first kappa shape index (κ1) is 14.1. The maximum atomic E-state index is 6.10. The fourth-order valence-electron chi connectivity index (χ4n) is 2.40. The summed E-state index contributed by atoms with van der Waals surface area (Å²) < 4.78 is 22.0. The van der Waals surface area contributed by atoms with E-state index < -0.39 is 5.60 Å². The molecule has 0 radical (unpaired) electrons. The highest BCUT2D eigenvalue weighted by Gasteiger charge is 2.39. The van der Waals surface area contributed by atoms with E-state index >= 15 is 0 Å². The number of ether oxygens (including phenoxy) is 4. The lowest BCUT2D eigenvalue weighted by Crippen LogP contribution is -2.33. The topological polar surface area (TPSA) is 49.8 Å². The second-order valence-electron chi connectivity index (χ2n) is 5.23. The minimum atomic E-state index is -0.511.